The summed E-state index contributed by atoms with van der Waals surface area (Å²) < 4.78 is 6.32. The number of hydrogen-bond donors (Lipinski definition) is 0. The van der Waals surface area contributed by atoms with Crippen molar-refractivity contribution in [2.24, 2.45) is 0 Å². The summed E-state index contributed by atoms with van der Waals surface area (Å²) in [4.78, 5) is 2.38. The molecule has 308 valence electrons. The first kappa shape index (κ1) is 38.5. The van der Waals surface area contributed by atoms with Crippen LogP contribution in [0.25, 0.3) is 88.7 Å². The number of hydrogen-bond acceptors (Lipinski definition) is 2. The quantitative estimate of drug-likeness (QED) is 0.152. The summed E-state index contributed by atoms with van der Waals surface area (Å²) in [7, 11) is 0. The van der Waals surface area contributed by atoms with Gasteiger partial charge in [-0.25, -0.2) is 0 Å². The van der Waals surface area contributed by atoms with E-state index in [0.29, 0.717) is 0 Å². The number of fused-ring (bicyclic) bond motifs is 6. The summed E-state index contributed by atoms with van der Waals surface area (Å²) in [5.74, 6) is 0. The molecule has 11 aromatic rings. The molecule has 0 saturated carbocycles. The van der Waals surface area contributed by atoms with E-state index in [-0.39, 0.29) is 5.41 Å². The minimum atomic E-state index is -0.146. The van der Waals surface area contributed by atoms with E-state index in [9.17, 15) is 0 Å². The fourth-order valence-corrected chi connectivity index (χ4v) is 10.0. The Morgan fingerprint density at radius 2 is 0.738 bits per heavy atom. The highest BCUT2D eigenvalue weighted by molar-refractivity contribution is 6.09. The number of furan rings is 1. The number of para-hydroxylation sites is 3. The third kappa shape index (κ3) is 6.74. The van der Waals surface area contributed by atoms with Crippen LogP contribution in [-0.4, -0.2) is 0 Å². The van der Waals surface area contributed by atoms with Gasteiger partial charge in [-0.1, -0.05) is 202 Å². The van der Waals surface area contributed by atoms with E-state index >= 15 is 0 Å². The van der Waals surface area contributed by atoms with Crippen LogP contribution in [0.15, 0.2) is 241 Å². The molecule has 0 unspecified atom stereocenters. The van der Waals surface area contributed by atoms with E-state index in [1.807, 2.05) is 12.1 Å². The molecule has 1 heterocycles. The normalized spacial score (nSPS) is 12.6. The van der Waals surface area contributed by atoms with E-state index < -0.39 is 0 Å². The molecule has 10 aromatic carbocycles. The van der Waals surface area contributed by atoms with Gasteiger partial charge in [-0.2, -0.15) is 0 Å². The van der Waals surface area contributed by atoms with Crippen molar-refractivity contribution in [3.63, 3.8) is 0 Å². The van der Waals surface area contributed by atoms with Crippen molar-refractivity contribution in [1.82, 2.24) is 0 Å². The Balaban J connectivity index is 0.778. The third-order valence-electron chi connectivity index (χ3n) is 13.5. The first-order valence-electron chi connectivity index (χ1n) is 22.5. The maximum atomic E-state index is 6.32. The average molecular weight is 832 g/mol. The Bertz CT molecular complexity index is 3510. The van der Waals surface area contributed by atoms with Gasteiger partial charge in [0.2, 0.25) is 0 Å². The highest BCUT2D eigenvalue weighted by atomic mass is 16.3. The van der Waals surface area contributed by atoms with Crippen molar-refractivity contribution >= 4 is 39.0 Å². The molecule has 0 N–H and O–H groups in total. The smallest absolute Gasteiger partial charge is 0.143 e. The summed E-state index contributed by atoms with van der Waals surface area (Å²) in [5.41, 5.74) is 22.4. The van der Waals surface area contributed by atoms with Crippen LogP contribution >= 0.6 is 0 Å². The van der Waals surface area contributed by atoms with E-state index in [0.717, 1.165) is 50.1 Å². The van der Waals surface area contributed by atoms with Crippen LogP contribution in [0.5, 0.6) is 0 Å². The molecule has 1 aromatic heterocycles. The summed E-state index contributed by atoms with van der Waals surface area (Å²) >= 11 is 0. The Morgan fingerprint density at radius 1 is 0.308 bits per heavy atom. The monoisotopic (exact) mass is 831 g/mol. The first-order chi connectivity index (χ1) is 32.0. The SMILES string of the molecule is CC1(C)c2cc(-c3ccccc3)ccc2-c2ccc(N(c3ccccc3)c3ccc(-c4ccc(-c5ccc(-c6ccc(-c7cccc8c7oc7ccccc78)cc6)cc5)cc4)cc3)cc21. The summed E-state index contributed by atoms with van der Waals surface area (Å²) in [6.07, 6.45) is 0. The molecule has 0 spiro atoms. The average Bonchev–Trinajstić information content (AvgIpc) is 3.86. The number of benzene rings is 10. The summed E-state index contributed by atoms with van der Waals surface area (Å²) in [6.45, 7) is 4.73. The lowest BCUT2D eigenvalue weighted by molar-refractivity contribution is 0.660. The third-order valence-corrected chi connectivity index (χ3v) is 13.5. The molecule has 65 heavy (non-hydrogen) atoms. The van der Waals surface area contributed by atoms with Crippen LogP contribution in [0.4, 0.5) is 17.1 Å². The van der Waals surface area contributed by atoms with Gasteiger partial charge in [0, 0.05) is 38.8 Å². The second kappa shape index (κ2) is 15.6. The van der Waals surface area contributed by atoms with Crippen LogP contribution in [-0.2, 0) is 5.41 Å². The van der Waals surface area contributed by atoms with Crippen LogP contribution in [0.3, 0.4) is 0 Å². The van der Waals surface area contributed by atoms with Crippen LogP contribution in [0.2, 0.25) is 0 Å². The van der Waals surface area contributed by atoms with Gasteiger partial charge in [-0.15, -0.1) is 0 Å². The highest BCUT2D eigenvalue weighted by Gasteiger charge is 2.36. The standard InChI is InChI=1S/C63H45NO/c1-63(2)59-40-50(42-12-5-3-6-13-42)34-38-55(59)56-39-37-53(41-60(56)63)64(51-14-7-4-8-15-51)52-35-32-48(33-36-52)46-26-24-44(25-27-46)43-20-22-45(23-21-43)47-28-30-49(31-29-47)54-17-11-18-58-57-16-9-10-19-61(57)65-62(54)58/h3-41H,1-2H3. The molecule has 2 heteroatoms. The molecule has 0 fully saturated rings. The second-order valence-corrected chi connectivity index (χ2v) is 17.7. The molecule has 1 aliphatic carbocycles. The van der Waals surface area contributed by atoms with Crippen molar-refractivity contribution < 1.29 is 4.42 Å². The zero-order valence-corrected chi connectivity index (χ0v) is 36.4. The molecule has 0 amide bonds. The maximum absolute atomic E-state index is 6.32. The Hall–Kier alpha value is -8.20. The van der Waals surface area contributed by atoms with E-state index in [2.05, 4.69) is 243 Å². The zero-order chi connectivity index (χ0) is 43.5. The van der Waals surface area contributed by atoms with Crippen LogP contribution in [0.1, 0.15) is 25.0 Å². The van der Waals surface area contributed by atoms with Crippen molar-refractivity contribution in [1.29, 1.82) is 0 Å². The van der Waals surface area contributed by atoms with Crippen molar-refractivity contribution in [2.75, 3.05) is 4.90 Å². The Labute approximate surface area is 380 Å². The maximum Gasteiger partial charge on any atom is 0.143 e. The molecule has 1 aliphatic rings. The largest absolute Gasteiger partial charge is 0.455 e. The predicted octanol–water partition coefficient (Wildman–Crippen LogP) is 17.7. The van der Waals surface area contributed by atoms with Gasteiger partial charge in [0.15, 0.2) is 0 Å². The van der Waals surface area contributed by atoms with Crippen LogP contribution in [0, 0.1) is 0 Å². The lowest BCUT2D eigenvalue weighted by atomic mass is 9.81. The lowest BCUT2D eigenvalue weighted by Crippen LogP contribution is -2.16. The Morgan fingerprint density at radius 3 is 1.35 bits per heavy atom. The van der Waals surface area contributed by atoms with Gasteiger partial charge >= 0.3 is 0 Å². The van der Waals surface area contributed by atoms with Crippen LogP contribution < -0.4 is 4.90 Å². The molecular formula is C63H45NO. The molecule has 0 radical (unpaired) electrons. The molecule has 2 nitrogen and oxygen atoms in total. The van der Waals surface area contributed by atoms with Crippen molar-refractivity contribution in [3.8, 4) is 66.8 Å². The highest BCUT2D eigenvalue weighted by Crippen LogP contribution is 2.52. The van der Waals surface area contributed by atoms with Gasteiger partial charge in [0.25, 0.3) is 0 Å². The molecule has 0 aliphatic heterocycles. The van der Waals surface area contributed by atoms with Gasteiger partial charge < -0.3 is 9.32 Å². The van der Waals surface area contributed by atoms with Gasteiger partial charge in [0.05, 0.1) is 0 Å². The number of anilines is 3. The van der Waals surface area contributed by atoms with E-state index in [1.165, 1.54) is 66.8 Å². The Kier molecular flexibility index (Phi) is 9.21. The van der Waals surface area contributed by atoms with Gasteiger partial charge in [-0.05, 0) is 121 Å². The van der Waals surface area contributed by atoms with Crippen molar-refractivity contribution in [2.45, 2.75) is 19.3 Å². The minimum Gasteiger partial charge on any atom is -0.455 e. The topological polar surface area (TPSA) is 16.4 Å². The van der Waals surface area contributed by atoms with E-state index in [4.69, 9.17) is 4.42 Å². The number of nitrogens with zero attached hydrogens (tertiary/aromatic N) is 1. The molecular weight excluding hydrogens is 787 g/mol. The fraction of sp³-hybridized carbons (Fsp3) is 0.0476. The van der Waals surface area contributed by atoms with Gasteiger partial charge in [0.1, 0.15) is 11.2 Å². The van der Waals surface area contributed by atoms with Gasteiger partial charge in [-0.3, -0.25) is 0 Å². The van der Waals surface area contributed by atoms with Crippen molar-refractivity contribution in [3.05, 3.63) is 248 Å². The summed E-state index contributed by atoms with van der Waals surface area (Å²) in [5, 5.41) is 2.30. The first-order valence-corrected chi connectivity index (χ1v) is 22.5. The molecule has 0 saturated heterocycles. The zero-order valence-electron chi connectivity index (χ0n) is 36.4. The second-order valence-electron chi connectivity index (χ2n) is 17.7. The molecule has 0 atom stereocenters. The predicted molar refractivity (Wildman–Crippen MR) is 273 cm³/mol. The molecule has 12 rings (SSSR count). The molecule has 0 bridgehead atoms. The minimum absolute atomic E-state index is 0.146. The van der Waals surface area contributed by atoms with E-state index in [1.54, 1.807) is 0 Å². The number of rotatable bonds is 8. The fourth-order valence-electron chi connectivity index (χ4n) is 10.0. The summed E-state index contributed by atoms with van der Waals surface area (Å²) in [6, 6.07) is 85.7. The lowest BCUT2D eigenvalue weighted by Gasteiger charge is -2.28.